The topological polar surface area (TPSA) is 122 Å². The number of hydrazine groups is 1. The molecule has 0 spiro atoms. The van der Waals surface area contributed by atoms with Crippen molar-refractivity contribution in [2.45, 2.75) is 13.3 Å². The van der Waals surface area contributed by atoms with Crippen LogP contribution in [0.25, 0.3) is 0 Å². The van der Waals surface area contributed by atoms with Crippen LogP contribution in [0.15, 0.2) is 18.2 Å². The zero-order valence-electron chi connectivity index (χ0n) is 10.6. The Labute approximate surface area is 110 Å². The maximum absolute atomic E-state index is 11.2. The van der Waals surface area contributed by atoms with Gasteiger partial charge in [0.2, 0.25) is 5.91 Å². The van der Waals surface area contributed by atoms with Crippen LogP contribution in [0.4, 0.5) is 17.1 Å². The van der Waals surface area contributed by atoms with Crippen molar-refractivity contribution in [2.24, 2.45) is 5.84 Å². The monoisotopic (exact) mass is 267 g/mol. The quantitative estimate of drug-likeness (QED) is 0.329. The number of nitrogen functional groups attached to an aromatic ring is 1. The molecule has 1 rings (SSSR count). The molecule has 104 valence electrons. The lowest BCUT2D eigenvalue weighted by Gasteiger charge is -2.08. The van der Waals surface area contributed by atoms with Crippen molar-refractivity contribution >= 4 is 23.0 Å². The number of non-ortho nitro benzene ring substituents is 1. The van der Waals surface area contributed by atoms with E-state index in [2.05, 4.69) is 16.1 Å². The Bertz CT molecular complexity index is 464. The predicted octanol–water partition coefficient (Wildman–Crippen LogP) is 0.819. The molecule has 5 N–H and O–H groups in total. The predicted molar refractivity (Wildman–Crippen MR) is 72.7 cm³/mol. The number of nitrogens with zero attached hydrogens (tertiary/aromatic N) is 1. The molecule has 0 aromatic heterocycles. The number of benzene rings is 1. The first-order valence-corrected chi connectivity index (χ1v) is 5.83. The SMILES string of the molecule is CCNC(=O)CCNc1cc(NN)cc([N+](=O)[O-])c1. The standard InChI is InChI=1S/C11H17N5O3/c1-2-13-11(17)3-4-14-8-5-9(15-12)7-10(6-8)16(18)19/h5-7,14-15H,2-4,12H2,1H3,(H,13,17). The Kier molecular flexibility index (Phi) is 5.55. The second kappa shape index (κ2) is 7.17. The lowest BCUT2D eigenvalue weighted by Crippen LogP contribution is -2.24. The minimum absolute atomic E-state index is 0.0717. The van der Waals surface area contributed by atoms with E-state index in [1.807, 2.05) is 6.92 Å². The van der Waals surface area contributed by atoms with Gasteiger partial charge in [-0.25, -0.2) is 0 Å². The molecular formula is C11H17N5O3. The molecule has 0 saturated carbocycles. The number of rotatable bonds is 7. The van der Waals surface area contributed by atoms with Gasteiger partial charge in [-0.15, -0.1) is 0 Å². The van der Waals surface area contributed by atoms with Gasteiger partial charge < -0.3 is 16.1 Å². The van der Waals surface area contributed by atoms with Crippen LogP contribution in [-0.4, -0.2) is 23.9 Å². The fourth-order valence-electron chi connectivity index (χ4n) is 1.51. The van der Waals surface area contributed by atoms with Gasteiger partial charge in [0.1, 0.15) is 0 Å². The van der Waals surface area contributed by atoms with Crippen LogP contribution in [-0.2, 0) is 4.79 Å². The lowest BCUT2D eigenvalue weighted by atomic mass is 10.2. The van der Waals surface area contributed by atoms with Gasteiger partial charge in [0.05, 0.1) is 10.6 Å². The van der Waals surface area contributed by atoms with Crippen LogP contribution >= 0.6 is 0 Å². The van der Waals surface area contributed by atoms with E-state index in [-0.39, 0.29) is 11.6 Å². The summed E-state index contributed by atoms with van der Waals surface area (Å²) in [5.74, 6) is 5.17. The van der Waals surface area contributed by atoms with Gasteiger partial charge in [0.15, 0.2) is 0 Å². The van der Waals surface area contributed by atoms with Crippen LogP contribution in [0.1, 0.15) is 13.3 Å². The first kappa shape index (κ1) is 14.7. The van der Waals surface area contributed by atoms with E-state index in [9.17, 15) is 14.9 Å². The fourth-order valence-corrected chi connectivity index (χ4v) is 1.51. The van der Waals surface area contributed by atoms with Crippen LogP contribution in [0.5, 0.6) is 0 Å². The number of amides is 1. The minimum Gasteiger partial charge on any atom is -0.384 e. The largest absolute Gasteiger partial charge is 0.384 e. The molecule has 0 heterocycles. The lowest BCUT2D eigenvalue weighted by molar-refractivity contribution is -0.384. The molecule has 0 fully saturated rings. The Hall–Kier alpha value is -2.35. The molecule has 0 saturated heterocycles. The molecule has 1 aromatic carbocycles. The molecule has 0 aliphatic rings. The van der Waals surface area contributed by atoms with Gasteiger partial charge in [-0.2, -0.15) is 0 Å². The molecule has 8 heteroatoms. The van der Waals surface area contributed by atoms with Gasteiger partial charge in [-0.05, 0) is 13.0 Å². The van der Waals surface area contributed by atoms with E-state index < -0.39 is 4.92 Å². The molecule has 0 aliphatic carbocycles. The van der Waals surface area contributed by atoms with Crippen molar-refractivity contribution in [3.05, 3.63) is 28.3 Å². The number of carbonyl (C=O) groups excluding carboxylic acids is 1. The van der Waals surface area contributed by atoms with Crippen LogP contribution in [0.3, 0.4) is 0 Å². The Morgan fingerprint density at radius 1 is 1.37 bits per heavy atom. The fraction of sp³-hybridized carbons (Fsp3) is 0.364. The molecule has 8 nitrogen and oxygen atoms in total. The number of hydrogen-bond acceptors (Lipinski definition) is 6. The van der Waals surface area contributed by atoms with E-state index >= 15 is 0 Å². The average molecular weight is 267 g/mol. The summed E-state index contributed by atoms with van der Waals surface area (Å²) in [5.41, 5.74) is 3.24. The third-order valence-electron chi connectivity index (χ3n) is 2.35. The summed E-state index contributed by atoms with van der Waals surface area (Å²) in [5, 5.41) is 16.3. The van der Waals surface area contributed by atoms with Crippen molar-refractivity contribution in [1.29, 1.82) is 0 Å². The highest BCUT2D eigenvalue weighted by atomic mass is 16.6. The first-order chi connectivity index (χ1) is 9.06. The maximum Gasteiger partial charge on any atom is 0.273 e. The van der Waals surface area contributed by atoms with Crippen molar-refractivity contribution < 1.29 is 9.72 Å². The first-order valence-electron chi connectivity index (χ1n) is 5.83. The minimum atomic E-state index is -0.504. The number of anilines is 2. The summed E-state index contributed by atoms with van der Waals surface area (Å²) in [6, 6.07) is 4.35. The molecule has 0 aliphatic heterocycles. The molecule has 0 radical (unpaired) electrons. The van der Waals surface area contributed by atoms with Gasteiger partial charge >= 0.3 is 0 Å². The third kappa shape index (κ3) is 4.80. The second-order valence-corrected chi connectivity index (χ2v) is 3.80. The number of nitrogens with one attached hydrogen (secondary N) is 3. The zero-order chi connectivity index (χ0) is 14.3. The molecule has 0 bridgehead atoms. The van der Waals surface area contributed by atoms with Crippen LogP contribution in [0.2, 0.25) is 0 Å². The molecule has 1 amide bonds. The van der Waals surface area contributed by atoms with Gasteiger partial charge in [0, 0.05) is 37.3 Å². The van der Waals surface area contributed by atoms with Crippen LogP contribution < -0.4 is 21.9 Å². The highest BCUT2D eigenvalue weighted by Crippen LogP contribution is 2.23. The van der Waals surface area contributed by atoms with Gasteiger partial charge in [-0.3, -0.25) is 20.8 Å². The van der Waals surface area contributed by atoms with E-state index in [0.717, 1.165) is 0 Å². The summed E-state index contributed by atoms with van der Waals surface area (Å²) in [7, 11) is 0. The summed E-state index contributed by atoms with van der Waals surface area (Å²) in [4.78, 5) is 21.5. The number of nitro benzene ring substituents is 1. The second-order valence-electron chi connectivity index (χ2n) is 3.80. The Morgan fingerprint density at radius 2 is 2.05 bits per heavy atom. The van der Waals surface area contributed by atoms with Crippen molar-refractivity contribution in [3.63, 3.8) is 0 Å². The third-order valence-corrected chi connectivity index (χ3v) is 2.35. The number of nitro groups is 1. The Morgan fingerprint density at radius 3 is 2.63 bits per heavy atom. The highest BCUT2D eigenvalue weighted by Gasteiger charge is 2.09. The van der Waals surface area contributed by atoms with E-state index in [1.165, 1.54) is 12.1 Å². The van der Waals surface area contributed by atoms with Crippen LogP contribution in [0, 0.1) is 10.1 Å². The van der Waals surface area contributed by atoms with Crippen molar-refractivity contribution in [2.75, 3.05) is 23.8 Å². The molecule has 0 atom stereocenters. The molecular weight excluding hydrogens is 250 g/mol. The maximum atomic E-state index is 11.2. The van der Waals surface area contributed by atoms with Crippen molar-refractivity contribution in [1.82, 2.24) is 5.32 Å². The van der Waals surface area contributed by atoms with Gasteiger partial charge in [0.25, 0.3) is 5.69 Å². The molecule has 1 aromatic rings. The number of hydrogen-bond donors (Lipinski definition) is 4. The Balaban J connectivity index is 2.64. The zero-order valence-corrected chi connectivity index (χ0v) is 10.6. The molecule has 19 heavy (non-hydrogen) atoms. The van der Waals surface area contributed by atoms with E-state index in [1.54, 1.807) is 6.07 Å². The highest BCUT2D eigenvalue weighted by molar-refractivity contribution is 5.76. The average Bonchev–Trinajstić information content (AvgIpc) is 2.38. The summed E-state index contributed by atoms with van der Waals surface area (Å²) in [6.07, 6.45) is 0.294. The smallest absolute Gasteiger partial charge is 0.273 e. The summed E-state index contributed by atoms with van der Waals surface area (Å²) >= 11 is 0. The summed E-state index contributed by atoms with van der Waals surface area (Å²) < 4.78 is 0. The van der Waals surface area contributed by atoms with Gasteiger partial charge in [-0.1, -0.05) is 0 Å². The summed E-state index contributed by atoms with van der Waals surface area (Å²) in [6.45, 7) is 2.80. The molecule has 0 unspecified atom stereocenters. The van der Waals surface area contributed by atoms with E-state index in [0.29, 0.717) is 30.9 Å². The van der Waals surface area contributed by atoms with E-state index in [4.69, 9.17) is 5.84 Å². The normalized spacial score (nSPS) is 9.79. The number of carbonyl (C=O) groups is 1. The number of nitrogens with two attached hydrogens (primary N) is 1. The van der Waals surface area contributed by atoms with Crippen molar-refractivity contribution in [3.8, 4) is 0 Å².